The van der Waals surface area contributed by atoms with E-state index in [0.29, 0.717) is 5.92 Å². The van der Waals surface area contributed by atoms with Crippen LogP contribution in [0.2, 0.25) is 5.02 Å². The Hall–Kier alpha value is -2.44. The average Bonchev–Trinajstić information content (AvgIpc) is 3.15. The first kappa shape index (κ1) is 18.6. The molecule has 1 fully saturated rings. The Morgan fingerprint density at radius 2 is 1.90 bits per heavy atom. The summed E-state index contributed by atoms with van der Waals surface area (Å²) in [5.74, 6) is 3.55. The number of likely N-dealkylation sites (N-methyl/N-ethyl adjacent to an activating group) is 1. The number of benzene rings is 1. The molecule has 2 aliphatic rings. The van der Waals surface area contributed by atoms with Crippen molar-refractivity contribution in [2.45, 2.75) is 31.7 Å². The van der Waals surface area contributed by atoms with Crippen molar-refractivity contribution in [2.24, 2.45) is 0 Å². The zero-order valence-electron chi connectivity index (χ0n) is 16.6. The first-order valence-electron chi connectivity index (χ1n) is 10.3. The van der Waals surface area contributed by atoms with E-state index in [-0.39, 0.29) is 0 Å². The summed E-state index contributed by atoms with van der Waals surface area (Å²) < 4.78 is 2.29. The van der Waals surface area contributed by atoms with Crippen LogP contribution in [0.25, 0.3) is 5.69 Å². The molecule has 1 aromatic carbocycles. The van der Waals surface area contributed by atoms with Gasteiger partial charge in [0, 0.05) is 36.8 Å². The van der Waals surface area contributed by atoms with Gasteiger partial charge >= 0.3 is 0 Å². The number of piperidine rings is 1. The molecule has 6 nitrogen and oxygen atoms in total. The second kappa shape index (κ2) is 7.76. The van der Waals surface area contributed by atoms with E-state index < -0.39 is 0 Å². The third kappa shape index (κ3) is 3.63. The Kier molecular flexibility index (Phi) is 4.97. The molecule has 0 aliphatic carbocycles. The summed E-state index contributed by atoms with van der Waals surface area (Å²) in [6.07, 6.45) is 4.93. The second-order valence-corrected chi connectivity index (χ2v) is 8.46. The number of hydrogen-bond donors (Lipinski definition) is 0. The predicted octanol–water partition coefficient (Wildman–Crippen LogP) is 3.69. The van der Waals surface area contributed by atoms with Gasteiger partial charge in [-0.3, -0.25) is 9.47 Å². The molecule has 7 heteroatoms. The van der Waals surface area contributed by atoms with Gasteiger partial charge in [-0.15, -0.1) is 10.2 Å². The summed E-state index contributed by atoms with van der Waals surface area (Å²) >= 11 is 6.31. The molecule has 4 heterocycles. The van der Waals surface area contributed by atoms with Gasteiger partial charge in [-0.05, 0) is 62.2 Å². The lowest BCUT2D eigenvalue weighted by Gasteiger charge is -2.33. The van der Waals surface area contributed by atoms with Crippen LogP contribution in [0, 0.1) is 0 Å². The number of anilines is 1. The largest absolute Gasteiger partial charge is 0.357 e. The van der Waals surface area contributed by atoms with E-state index in [4.69, 9.17) is 11.6 Å². The van der Waals surface area contributed by atoms with Crippen LogP contribution in [0.15, 0.2) is 42.6 Å². The zero-order chi connectivity index (χ0) is 19.8. The van der Waals surface area contributed by atoms with Crippen LogP contribution < -0.4 is 4.90 Å². The Balaban J connectivity index is 1.46. The van der Waals surface area contributed by atoms with Crippen molar-refractivity contribution in [3.05, 3.63) is 64.8 Å². The number of fused-ring (bicyclic) bond motifs is 3. The normalized spacial score (nSPS) is 18.1. The summed E-state index contributed by atoms with van der Waals surface area (Å²) in [5, 5.41) is 10.1. The fourth-order valence-corrected chi connectivity index (χ4v) is 4.67. The number of halogens is 1. The van der Waals surface area contributed by atoms with Crippen LogP contribution in [0.1, 0.15) is 36.0 Å². The number of pyridine rings is 1. The van der Waals surface area contributed by atoms with Crippen LogP contribution >= 0.6 is 11.6 Å². The lowest BCUT2D eigenvalue weighted by atomic mass is 9.95. The predicted molar refractivity (Wildman–Crippen MR) is 115 cm³/mol. The zero-order valence-corrected chi connectivity index (χ0v) is 17.4. The van der Waals surface area contributed by atoms with Gasteiger partial charge in [-0.1, -0.05) is 17.7 Å². The monoisotopic (exact) mass is 408 g/mol. The minimum atomic E-state index is 0.393. The van der Waals surface area contributed by atoms with E-state index in [1.165, 1.54) is 11.3 Å². The quantitative estimate of drug-likeness (QED) is 0.647. The number of nitrogens with zero attached hydrogens (tertiary/aromatic N) is 6. The minimum absolute atomic E-state index is 0.393. The Labute approximate surface area is 176 Å². The Morgan fingerprint density at radius 3 is 2.69 bits per heavy atom. The standard InChI is InChI=1S/C22H25ClN6/c1-27-11-7-17-14-18(23)5-6-19(17)29-21(15-27)25-26-22(29)16-8-12-28(13-9-16)20-4-2-3-10-24-20/h2-6,10,14,16H,7-9,11-13,15H2,1H3. The van der Waals surface area contributed by atoms with Crippen LogP contribution in [-0.4, -0.2) is 51.3 Å². The number of hydrogen-bond acceptors (Lipinski definition) is 5. The molecule has 0 bridgehead atoms. The maximum absolute atomic E-state index is 6.31. The molecule has 2 aliphatic heterocycles. The molecule has 0 spiro atoms. The van der Waals surface area contributed by atoms with E-state index >= 15 is 0 Å². The molecule has 0 amide bonds. The minimum Gasteiger partial charge on any atom is -0.357 e. The van der Waals surface area contributed by atoms with Gasteiger partial charge in [-0.2, -0.15) is 0 Å². The highest BCUT2D eigenvalue weighted by Crippen LogP contribution is 2.33. The summed E-state index contributed by atoms with van der Waals surface area (Å²) in [4.78, 5) is 9.17. The van der Waals surface area contributed by atoms with Gasteiger partial charge in [0.15, 0.2) is 5.82 Å². The van der Waals surface area contributed by atoms with Gasteiger partial charge in [0.25, 0.3) is 0 Å². The summed E-state index contributed by atoms with van der Waals surface area (Å²) in [6.45, 7) is 3.76. The molecule has 2 aromatic heterocycles. The van der Waals surface area contributed by atoms with Crippen LogP contribution in [-0.2, 0) is 13.0 Å². The maximum atomic E-state index is 6.31. The maximum Gasteiger partial charge on any atom is 0.151 e. The molecular weight excluding hydrogens is 384 g/mol. The van der Waals surface area contributed by atoms with E-state index in [2.05, 4.69) is 54.8 Å². The fourth-order valence-electron chi connectivity index (χ4n) is 4.47. The highest BCUT2D eigenvalue weighted by molar-refractivity contribution is 6.30. The third-order valence-corrected chi connectivity index (χ3v) is 6.28. The fraction of sp³-hybridized carbons (Fsp3) is 0.409. The molecule has 1 saturated heterocycles. The van der Waals surface area contributed by atoms with Crippen LogP contribution in [0.3, 0.4) is 0 Å². The van der Waals surface area contributed by atoms with Crippen LogP contribution in [0.5, 0.6) is 0 Å². The van der Waals surface area contributed by atoms with Gasteiger partial charge in [0.1, 0.15) is 11.6 Å². The van der Waals surface area contributed by atoms with E-state index in [9.17, 15) is 0 Å². The SMILES string of the molecule is CN1CCc2cc(Cl)ccc2-n2c(nnc2C2CCN(c3ccccn3)CC2)C1. The van der Waals surface area contributed by atoms with Crippen molar-refractivity contribution in [3.63, 3.8) is 0 Å². The van der Waals surface area contributed by atoms with Gasteiger partial charge in [-0.25, -0.2) is 4.98 Å². The number of rotatable bonds is 2. The Bertz CT molecular complexity index is 994. The molecule has 0 saturated carbocycles. The molecule has 5 rings (SSSR count). The van der Waals surface area contributed by atoms with Crippen molar-refractivity contribution in [1.82, 2.24) is 24.6 Å². The van der Waals surface area contributed by atoms with Crippen molar-refractivity contribution in [2.75, 3.05) is 31.6 Å². The van der Waals surface area contributed by atoms with Crippen LogP contribution in [0.4, 0.5) is 5.82 Å². The van der Waals surface area contributed by atoms with E-state index in [1.54, 1.807) is 0 Å². The topological polar surface area (TPSA) is 50.1 Å². The third-order valence-electron chi connectivity index (χ3n) is 6.05. The van der Waals surface area contributed by atoms with Crippen molar-refractivity contribution < 1.29 is 0 Å². The number of aromatic nitrogens is 4. The lowest BCUT2D eigenvalue weighted by molar-refractivity contribution is 0.315. The van der Waals surface area contributed by atoms with Gasteiger partial charge < -0.3 is 4.90 Å². The average molecular weight is 409 g/mol. The highest BCUT2D eigenvalue weighted by atomic mass is 35.5. The Morgan fingerprint density at radius 1 is 1.03 bits per heavy atom. The summed E-state index contributed by atoms with van der Waals surface area (Å²) in [7, 11) is 2.14. The van der Waals surface area contributed by atoms with Crippen molar-refractivity contribution in [1.29, 1.82) is 0 Å². The molecule has 29 heavy (non-hydrogen) atoms. The molecular formula is C22H25ClN6. The van der Waals surface area contributed by atoms with Gasteiger partial charge in [0.2, 0.25) is 0 Å². The molecule has 0 unspecified atom stereocenters. The summed E-state index contributed by atoms with van der Waals surface area (Å²) in [5.41, 5.74) is 2.45. The smallest absolute Gasteiger partial charge is 0.151 e. The molecule has 150 valence electrons. The van der Waals surface area contributed by atoms with E-state index in [0.717, 1.165) is 67.9 Å². The molecule has 0 N–H and O–H groups in total. The first-order chi connectivity index (χ1) is 14.2. The summed E-state index contributed by atoms with van der Waals surface area (Å²) in [6, 6.07) is 12.3. The van der Waals surface area contributed by atoms with Gasteiger partial charge in [0.05, 0.1) is 12.2 Å². The second-order valence-electron chi connectivity index (χ2n) is 8.02. The molecule has 0 radical (unpaired) electrons. The molecule has 0 atom stereocenters. The van der Waals surface area contributed by atoms with Crippen molar-refractivity contribution in [3.8, 4) is 5.69 Å². The molecule has 3 aromatic rings. The van der Waals surface area contributed by atoms with E-state index in [1.807, 2.05) is 24.4 Å². The van der Waals surface area contributed by atoms with Crippen molar-refractivity contribution >= 4 is 17.4 Å². The first-order valence-corrected chi connectivity index (χ1v) is 10.6. The lowest BCUT2D eigenvalue weighted by Crippen LogP contribution is -2.34. The highest BCUT2D eigenvalue weighted by Gasteiger charge is 2.29.